The van der Waals surface area contributed by atoms with Gasteiger partial charge in [0.05, 0.1) is 47.4 Å². The van der Waals surface area contributed by atoms with E-state index in [1.165, 1.54) is 0 Å². The minimum atomic E-state index is -3.27. The van der Waals surface area contributed by atoms with Crippen molar-refractivity contribution < 1.29 is 13.6 Å². The van der Waals surface area contributed by atoms with Crippen molar-refractivity contribution in [3.05, 3.63) is 40.1 Å². The van der Waals surface area contributed by atoms with Gasteiger partial charge in [-0.15, -0.1) is 0 Å². The highest BCUT2D eigenvalue weighted by atomic mass is 35.5. The Balaban J connectivity index is 2.08. The smallest absolute Gasteiger partial charge is 0.309 e. The first kappa shape index (κ1) is 18.9. The first-order chi connectivity index (χ1) is 12.0. The Hall–Kier alpha value is -0.840. The Kier molecular flexibility index (Phi) is 5.92. The van der Waals surface area contributed by atoms with Crippen LogP contribution in [0.1, 0.15) is 38.4 Å². The molecule has 3 rings (SSSR count). The number of rotatable bonds is 8. The highest BCUT2D eigenvalue weighted by molar-refractivity contribution is 7.53. The quantitative estimate of drug-likeness (QED) is 0.511. The van der Waals surface area contributed by atoms with E-state index in [2.05, 4.69) is 5.10 Å². The molecule has 0 amide bonds. The van der Waals surface area contributed by atoms with E-state index in [0.29, 0.717) is 34.9 Å². The van der Waals surface area contributed by atoms with Gasteiger partial charge in [-0.2, -0.15) is 5.10 Å². The normalized spacial score (nSPS) is 14.9. The zero-order valence-electron chi connectivity index (χ0n) is 14.2. The van der Waals surface area contributed by atoms with Crippen LogP contribution >= 0.6 is 30.8 Å². The van der Waals surface area contributed by atoms with Gasteiger partial charge in [-0.05, 0) is 38.8 Å². The second kappa shape index (κ2) is 7.81. The van der Waals surface area contributed by atoms with Crippen LogP contribution in [0.15, 0.2) is 24.4 Å². The molecule has 2 aromatic rings. The number of nitrogens with zero attached hydrogens (tertiary/aromatic N) is 2. The summed E-state index contributed by atoms with van der Waals surface area (Å²) >= 11 is 12.8. The monoisotopic (exact) mass is 402 g/mol. The molecule has 1 aromatic heterocycles. The second-order valence-electron chi connectivity index (χ2n) is 5.88. The van der Waals surface area contributed by atoms with E-state index in [1.807, 2.05) is 4.68 Å². The van der Waals surface area contributed by atoms with E-state index in [4.69, 9.17) is 32.2 Å². The fraction of sp³-hybridized carbons (Fsp3) is 0.471. The van der Waals surface area contributed by atoms with Gasteiger partial charge >= 0.3 is 7.60 Å². The van der Waals surface area contributed by atoms with Crippen molar-refractivity contribution in [3.8, 4) is 11.1 Å². The molecule has 1 aliphatic rings. The molecule has 1 heterocycles. The van der Waals surface area contributed by atoms with Crippen LogP contribution < -0.4 is 0 Å². The van der Waals surface area contributed by atoms with Gasteiger partial charge in [-0.1, -0.05) is 29.3 Å². The molecule has 1 saturated carbocycles. The zero-order valence-corrected chi connectivity index (χ0v) is 16.7. The van der Waals surface area contributed by atoms with Crippen LogP contribution in [0.2, 0.25) is 10.0 Å². The summed E-state index contributed by atoms with van der Waals surface area (Å²) in [6.07, 6.45) is 3.99. The molecule has 136 valence electrons. The maximum Gasteiger partial charge on any atom is 0.336 e. The zero-order chi connectivity index (χ0) is 18.0. The number of benzene rings is 1. The molecular formula is C17H21Cl2N2O3P. The number of halogens is 2. The fourth-order valence-corrected chi connectivity index (χ4v) is 5.18. The molecule has 0 saturated heterocycles. The third-order valence-corrected chi connectivity index (χ3v) is 6.64. The summed E-state index contributed by atoms with van der Waals surface area (Å²) in [5.41, 5.74) is 2.28. The summed E-state index contributed by atoms with van der Waals surface area (Å²) in [4.78, 5) is 0. The fourth-order valence-electron chi connectivity index (χ4n) is 2.85. The lowest BCUT2D eigenvalue weighted by Gasteiger charge is -2.19. The molecular weight excluding hydrogens is 382 g/mol. The van der Waals surface area contributed by atoms with E-state index >= 15 is 0 Å². The lowest BCUT2D eigenvalue weighted by atomic mass is 10.1. The Labute approximate surface area is 157 Å². The highest BCUT2D eigenvalue weighted by Gasteiger charge is 2.34. The molecule has 0 radical (unpaired) electrons. The second-order valence-corrected chi connectivity index (χ2v) is 8.75. The van der Waals surface area contributed by atoms with Gasteiger partial charge in [0.15, 0.2) is 0 Å². The number of hydrogen-bond acceptors (Lipinski definition) is 4. The predicted molar refractivity (Wildman–Crippen MR) is 101 cm³/mol. The van der Waals surface area contributed by atoms with Crippen LogP contribution in [0.4, 0.5) is 0 Å². The number of hydrogen-bond donors (Lipinski definition) is 0. The molecule has 0 bridgehead atoms. The van der Waals surface area contributed by atoms with Gasteiger partial charge in [0.25, 0.3) is 0 Å². The van der Waals surface area contributed by atoms with Crippen molar-refractivity contribution in [2.24, 2.45) is 0 Å². The summed E-state index contributed by atoms with van der Waals surface area (Å²) in [5.74, 6) is 0. The van der Waals surface area contributed by atoms with Crippen LogP contribution in [0.5, 0.6) is 0 Å². The predicted octanol–water partition coefficient (Wildman–Crippen LogP) is 5.96. The van der Waals surface area contributed by atoms with Crippen molar-refractivity contribution in [2.75, 3.05) is 13.2 Å². The first-order valence-corrected chi connectivity index (χ1v) is 10.9. The van der Waals surface area contributed by atoms with Crippen molar-refractivity contribution in [3.63, 3.8) is 0 Å². The molecule has 0 spiro atoms. The van der Waals surface area contributed by atoms with E-state index in [0.717, 1.165) is 24.1 Å². The highest BCUT2D eigenvalue weighted by Crippen LogP contribution is 2.54. The average molecular weight is 403 g/mol. The first-order valence-electron chi connectivity index (χ1n) is 8.38. The molecule has 0 unspecified atom stereocenters. The van der Waals surface area contributed by atoms with Gasteiger partial charge in [0, 0.05) is 11.1 Å². The van der Waals surface area contributed by atoms with Crippen molar-refractivity contribution >= 4 is 30.8 Å². The van der Waals surface area contributed by atoms with Crippen LogP contribution in [0, 0.1) is 0 Å². The topological polar surface area (TPSA) is 53.3 Å². The van der Waals surface area contributed by atoms with Crippen LogP contribution in [-0.4, -0.2) is 23.0 Å². The van der Waals surface area contributed by atoms with Gasteiger partial charge in [-0.25, -0.2) is 0 Å². The van der Waals surface area contributed by atoms with Crippen molar-refractivity contribution in [1.29, 1.82) is 0 Å². The molecule has 0 atom stereocenters. The molecule has 0 N–H and O–H groups in total. The summed E-state index contributed by atoms with van der Waals surface area (Å²) < 4.78 is 25.9. The summed E-state index contributed by atoms with van der Waals surface area (Å²) in [7, 11) is -3.27. The molecule has 25 heavy (non-hydrogen) atoms. The Bertz CT molecular complexity index is 775. The summed E-state index contributed by atoms with van der Waals surface area (Å²) in [6, 6.07) is 5.68. The maximum atomic E-state index is 13.1. The van der Waals surface area contributed by atoms with E-state index in [1.54, 1.807) is 38.2 Å². The van der Waals surface area contributed by atoms with E-state index in [-0.39, 0.29) is 6.16 Å². The minimum Gasteiger partial charge on any atom is -0.309 e. The average Bonchev–Trinajstić information content (AvgIpc) is 3.31. The van der Waals surface area contributed by atoms with Gasteiger partial charge in [-0.3, -0.25) is 9.25 Å². The van der Waals surface area contributed by atoms with Gasteiger partial charge < -0.3 is 9.05 Å². The molecule has 5 nitrogen and oxygen atoms in total. The molecule has 8 heteroatoms. The molecule has 1 aliphatic carbocycles. The van der Waals surface area contributed by atoms with Crippen LogP contribution in [-0.2, 0) is 19.8 Å². The Morgan fingerprint density at radius 3 is 2.32 bits per heavy atom. The number of aromatic nitrogens is 2. The molecule has 1 aromatic carbocycles. The van der Waals surface area contributed by atoms with Gasteiger partial charge in [0.1, 0.15) is 0 Å². The molecule has 1 fully saturated rings. The van der Waals surface area contributed by atoms with Crippen LogP contribution in [0.25, 0.3) is 11.1 Å². The third-order valence-electron chi connectivity index (χ3n) is 4.02. The van der Waals surface area contributed by atoms with E-state index in [9.17, 15) is 4.57 Å². The lowest BCUT2D eigenvalue weighted by molar-refractivity contribution is 0.218. The van der Waals surface area contributed by atoms with Crippen LogP contribution in [0.3, 0.4) is 0 Å². The maximum absolute atomic E-state index is 13.1. The Morgan fingerprint density at radius 1 is 1.20 bits per heavy atom. The molecule has 0 aliphatic heterocycles. The van der Waals surface area contributed by atoms with Crippen molar-refractivity contribution in [1.82, 2.24) is 9.78 Å². The summed E-state index contributed by atoms with van der Waals surface area (Å²) in [5, 5.41) is 5.58. The third kappa shape index (κ3) is 4.12. The standard InChI is InChI=1S/C17H21Cl2N2O3P/c1-3-23-25(22,24-4-2)11-16-13(10-20-21(16)12-8-9-12)17-14(18)6-5-7-15(17)19/h5-7,10,12H,3-4,8-9,11H2,1-2H3. The lowest BCUT2D eigenvalue weighted by Crippen LogP contribution is -2.07. The summed E-state index contributed by atoms with van der Waals surface area (Å²) in [6.45, 7) is 4.24. The SMILES string of the molecule is CCOP(=O)(Cc1c(-c2c(Cl)cccc2Cl)cnn1C1CC1)OCC. The van der Waals surface area contributed by atoms with Gasteiger partial charge in [0.2, 0.25) is 0 Å². The minimum absolute atomic E-state index is 0.141. The Morgan fingerprint density at radius 2 is 1.80 bits per heavy atom. The van der Waals surface area contributed by atoms with E-state index < -0.39 is 7.60 Å². The van der Waals surface area contributed by atoms with Crippen molar-refractivity contribution in [2.45, 2.75) is 38.9 Å². The largest absolute Gasteiger partial charge is 0.336 e.